The number of hydrogen-bond acceptors (Lipinski definition) is 12. The van der Waals surface area contributed by atoms with Gasteiger partial charge in [0.15, 0.2) is 6.10 Å². The smallest absolute Gasteiger partial charge is 0.418 e. The summed E-state index contributed by atoms with van der Waals surface area (Å²) in [6, 6.07) is 0. The van der Waals surface area contributed by atoms with Gasteiger partial charge in [0.1, 0.15) is 18.3 Å². The van der Waals surface area contributed by atoms with Crippen LogP contribution in [0.1, 0.15) is 62.3 Å². The lowest BCUT2D eigenvalue weighted by Crippen LogP contribution is -2.61. The van der Waals surface area contributed by atoms with Crippen LogP contribution in [-0.4, -0.2) is 74.2 Å². The van der Waals surface area contributed by atoms with E-state index in [2.05, 4.69) is 0 Å². The van der Waals surface area contributed by atoms with Gasteiger partial charge < -0.3 is 23.7 Å². The predicted molar refractivity (Wildman–Crippen MR) is 130 cm³/mol. The molecule has 0 aliphatic carbocycles. The van der Waals surface area contributed by atoms with Crippen LogP contribution in [0.25, 0.3) is 0 Å². The number of hydrogen-bond donors (Lipinski definition) is 0. The highest BCUT2D eigenvalue weighted by molar-refractivity contribution is 7.53. The number of carbonyl (C=O) groups excluding carboxylic acids is 4. The first-order valence-electron chi connectivity index (χ1n) is 12.3. The van der Waals surface area contributed by atoms with Gasteiger partial charge in [-0.3, -0.25) is 32.8 Å². The molecule has 0 bridgehead atoms. The average Bonchev–Trinajstić information content (AvgIpc) is 2.75. The van der Waals surface area contributed by atoms with Crippen LogP contribution in [0.5, 0.6) is 0 Å². The van der Waals surface area contributed by atoms with Crippen molar-refractivity contribution in [1.29, 1.82) is 0 Å². The summed E-state index contributed by atoms with van der Waals surface area (Å²) in [7, 11) is -4.58. The fraction of sp³-hybridized carbons (Fsp3) is 0.833. The molecule has 0 aromatic carbocycles. The first kappa shape index (κ1) is 35.8. The van der Waals surface area contributed by atoms with E-state index >= 15 is 0 Å². The standard InChI is InChI=1S/C24H38F3O12P/c1-13-17(37-14(2)28)16(39-19(24(25,26)27)18(13)38-15(3)29)10-40(32,35-11-33-20(30)22(4,5)6)36-12-34-21(31)23(7,8)9/h13,16-19H,10-12H2,1-9H3/t13-,16-,17-,18-,19+/m0/s1. The zero-order chi connectivity index (χ0) is 31.3. The number of rotatable bonds is 10. The molecule has 0 N–H and O–H groups in total. The highest BCUT2D eigenvalue weighted by Crippen LogP contribution is 2.52. The van der Waals surface area contributed by atoms with Gasteiger partial charge in [-0.1, -0.05) is 6.92 Å². The average molecular weight is 607 g/mol. The van der Waals surface area contributed by atoms with Crippen LogP contribution >= 0.6 is 7.60 Å². The molecular formula is C24H38F3O12P. The number of alkyl halides is 3. The van der Waals surface area contributed by atoms with E-state index in [1.807, 2.05) is 0 Å². The van der Waals surface area contributed by atoms with Crippen molar-refractivity contribution in [3.8, 4) is 0 Å². The summed E-state index contributed by atoms with van der Waals surface area (Å²) >= 11 is 0. The molecule has 0 amide bonds. The van der Waals surface area contributed by atoms with Crippen molar-refractivity contribution < 1.29 is 69.6 Å². The molecule has 232 valence electrons. The van der Waals surface area contributed by atoms with Crippen molar-refractivity contribution in [2.24, 2.45) is 16.7 Å². The molecular weight excluding hydrogens is 568 g/mol. The Morgan fingerprint density at radius 3 is 1.52 bits per heavy atom. The topological polar surface area (TPSA) is 150 Å². The third kappa shape index (κ3) is 11.0. The Bertz CT molecular complexity index is 934. The van der Waals surface area contributed by atoms with E-state index in [4.69, 9.17) is 32.7 Å². The van der Waals surface area contributed by atoms with Gasteiger partial charge in [0.05, 0.1) is 17.0 Å². The second kappa shape index (κ2) is 13.6. The van der Waals surface area contributed by atoms with Gasteiger partial charge in [-0.25, -0.2) is 0 Å². The minimum absolute atomic E-state index is 0.750. The van der Waals surface area contributed by atoms with Crippen molar-refractivity contribution in [2.75, 3.05) is 19.7 Å². The zero-order valence-corrected chi connectivity index (χ0v) is 24.9. The molecule has 1 heterocycles. The zero-order valence-electron chi connectivity index (χ0n) is 24.0. The van der Waals surface area contributed by atoms with Gasteiger partial charge in [-0.2, -0.15) is 13.2 Å². The first-order valence-corrected chi connectivity index (χ1v) is 14.0. The lowest BCUT2D eigenvalue weighted by atomic mass is 9.87. The Kier molecular flexibility index (Phi) is 12.2. The highest BCUT2D eigenvalue weighted by atomic mass is 31.2. The van der Waals surface area contributed by atoms with Crippen molar-refractivity contribution in [3.63, 3.8) is 0 Å². The van der Waals surface area contributed by atoms with E-state index in [9.17, 15) is 36.9 Å². The summed E-state index contributed by atoms with van der Waals surface area (Å²) in [6.07, 6.45) is -13.9. The lowest BCUT2D eigenvalue weighted by molar-refractivity contribution is -0.301. The number of carbonyl (C=O) groups is 4. The van der Waals surface area contributed by atoms with E-state index in [1.165, 1.54) is 48.5 Å². The quantitative estimate of drug-likeness (QED) is 0.152. The minimum Gasteiger partial charge on any atom is -0.459 e. The molecule has 12 nitrogen and oxygen atoms in total. The summed E-state index contributed by atoms with van der Waals surface area (Å²) in [5, 5.41) is 0. The molecule has 40 heavy (non-hydrogen) atoms. The highest BCUT2D eigenvalue weighted by Gasteiger charge is 2.58. The molecule has 0 aromatic heterocycles. The summed E-state index contributed by atoms with van der Waals surface area (Å²) < 4.78 is 91.0. The molecule has 1 aliphatic rings. The molecule has 0 spiro atoms. The van der Waals surface area contributed by atoms with Crippen LogP contribution < -0.4 is 0 Å². The third-order valence-corrected chi connectivity index (χ3v) is 7.26. The van der Waals surface area contributed by atoms with E-state index in [1.54, 1.807) is 0 Å². The Balaban J connectivity index is 3.34. The van der Waals surface area contributed by atoms with E-state index < -0.39 is 98.6 Å². The van der Waals surface area contributed by atoms with Crippen molar-refractivity contribution >= 4 is 31.5 Å². The number of ether oxygens (including phenoxy) is 5. The van der Waals surface area contributed by atoms with Crippen molar-refractivity contribution in [1.82, 2.24) is 0 Å². The number of esters is 4. The normalized spacial score (nSPS) is 24.1. The Hall–Kier alpha value is -2.22. The van der Waals surface area contributed by atoms with Gasteiger partial charge in [-0.15, -0.1) is 0 Å². The van der Waals surface area contributed by atoms with E-state index in [0.717, 1.165) is 13.8 Å². The van der Waals surface area contributed by atoms with Crippen LogP contribution in [0.15, 0.2) is 0 Å². The fourth-order valence-electron chi connectivity index (χ4n) is 3.41. The van der Waals surface area contributed by atoms with Gasteiger partial charge in [0.25, 0.3) is 0 Å². The molecule has 5 atom stereocenters. The Morgan fingerprint density at radius 1 is 0.775 bits per heavy atom. The van der Waals surface area contributed by atoms with Crippen LogP contribution in [0.2, 0.25) is 0 Å². The molecule has 0 aromatic rings. The van der Waals surface area contributed by atoms with Gasteiger partial charge in [0.2, 0.25) is 13.6 Å². The molecule has 1 saturated heterocycles. The van der Waals surface area contributed by atoms with Crippen molar-refractivity contribution in [2.45, 2.75) is 92.9 Å². The van der Waals surface area contributed by atoms with Crippen LogP contribution in [0.4, 0.5) is 13.2 Å². The van der Waals surface area contributed by atoms with Crippen LogP contribution in [0, 0.1) is 16.7 Å². The maximum atomic E-state index is 13.9. The Labute approximate surface area is 231 Å². The molecule has 0 saturated carbocycles. The maximum Gasteiger partial charge on any atom is 0.418 e. The molecule has 16 heteroatoms. The summed E-state index contributed by atoms with van der Waals surface area (Å²) in [4.78, 5) is 47.5. The van der Waals surface area contributed by atoms with Crippen molar-refractivity contribution in [3.05, 3.63) is 0 Å². The maximum absolute atomic E-state index is 13.9. The SMILES string of the molecule is CC(=O)O[C@H]1[C@H](C)[C@H](OC(C)=O)[C@H](C(F)(F)F)O[C@H]1CP(=O)(OCOC(=O)C(C)(C)C)OCOC(=O)C(C)(C)C. The summed E-state index contributed by atoms with van der Waals surface area (Å²) in [5.74, 6) is -4.73. The predicted octanol–water partition coefficient (Wildman–Crippen LogP) is 4.14. The van der Waals surface area contributed by atoms with Crippen LogP contribution in [-0.2, 0) is 56.5 Å². The van der Waals surface area contributed by atoms with Gasteiger partial charge in [-0.05, 0) is 41.5 Å². The van der Waals surface area contributed by atoms with Gasteiger partial charge >= 0.3 is 37.6 Å². The molecule has 0 radical (unpaired) electrons. The summed E-state index contributed by atoms with van der Waals surface area (Å²) in [5.41, 5.74) is -1.94. The van der Waals surface area contributed by atoms with E-state index in [0.29, 0.717) is 0 Å². The number of halogens is 3. The second-order valence-electron chi connectivity index (χ2n) is 11.3. The molecule has 1 rings (SSSR count). The largest absolute Gasteiger partial charge is 0.459 e. The minimum atomic E-state index is -5.05. The molecule has 0 unspecified atom stereocenters. The monoisotopic (exact) mass is 606 g/mol. The molecule has 1 fully saturated rings. The summed E-state index contributed by atoms with van der Waals surface area (Å²) in [6.45, 7) is 10.5. The Morgan fingerprint density at radius 2 is 1.18 bits per heavy atom. The van der Waals surface area contributed by atoms with E-state index in [-0.39, 0.29) is 0 Å². The lowest BCUT2D eigenvalue weighted by Gasteiger charge is -2.45. The second-order valence-corrected chi connectivity index (χ2v) is 13.4. The van der Waals surface area contributed by atoms with Crippen LogP contribution in [0.3, 0.4) is 0 Å². The third-order valence-electron chi connectivity index (χ3n) is 5.46. The van der Waals surface area contributed by atoms with Gasteiger partial charge in [0, 0.05) is 19.8 Å². The first-order chi connectivity index (χ1) is 18.0. The molecule has 1 aliphatic heterocycles. The fourth-order valence-corrected chi connectivity index (χ4v) is 4.85.